The van der Waals surface area contributed by atoms with Gasteiger partial charge in [0.25, 0.3) is 0 Å². The van der Waals surface area contributed by atoms with Crippen molar-refractivity contribution in [3.05, 3.63) is 23.0 Å². The maximum absolute atomic E-state index is 5.66. The molecule has 0 fully saturated rings. The lowest BCUT2D eigenvalue weighted by Crippen LogP contribution is -2.35. The number of hydrogen-bond acceptors (Lipinski definition) is 4. The van der Waals surface area contributed by atoms with E-state index in [1.807, 2.05) is 13.1 Å². The zero-order valence-electron chi connectivity index (χ0n) is 12.3. The number of pyridine rings is 1. The fourth-order valence-electron chi connectivity index (χ4n) is 1.80. The Morgan fingerprint density at radius 1 is 1.37 bits per heavy atom. The van der Waals surface area contributed by atoms with E-state index in [0.29, 0.717) is 12.6 Å². The Morgan fingerprint density at radius 3 is 2.42 bits per heavy atom. The van der Waals surface area contributed by atoms with Gasteiger partial charge in [0, 0.05) is 36.5 Å². The fraction of sp³-hybridized carbons (Fsp3) is 0.615. The molecule has 1 aromatic heterocycles. The smallest absolute Gasteiger partial charge is 0.128 e. The molecule has 1 atom stereocenters. The highest BCUT2D eigenvalue weighted by molar-refractivity contribution is 5.85. The zero-order chi connectivity index (χ0) is 13.0. The van der Waals surface area contributed by atoms with Crippen LogP contribution in [0.1, 0.15) is 23.7 Å². The monoisotopic (exact) mass is 309 g/mol. The minimum absolute atomic E-state index is 0. The van der Waals surface area contributed by atoms with Crippen LogP contribution in [0.5, 0.6) is 5.75 Å². The highest BCUT2D eigenvalue weighted by Gasteiger charge is 2.13. The van der Waals surface area contributed by atoms with Crippen molar-refractivity contribution in [2.45, 2.75) is 33.4 Å². The van der Waals surface area contributed by atoms with Crippen LogP contribution in [0.2, 0.25) is 0 Å². The fourth-order valence-corrected chi connectivity index (χ4v) is 1.80. The first-order chi connectivity index (χ1) is 8.01. The third-order valence-electron chi connectivity index (χ3n) is 3.24. The van der Waals surface area contributed by atoms with Crippen LogP contribution in [0.25, 0.3) is 0 Å². The van der Waals surface area contributed by atoms with Gasteiger partial charge in [-0.15, -0.1) is 24.8 Å². The topological polar surface area (TPSA) is 51.4 Å². The van der Waals surface area contributed by atoms with Gasteiger partial charge in [0.1, 0.15) is 5.75 Å². The number of halogens is 2. The van der Waals surface area contributed by atoms with Gasteiger partial charge in [0.2, 0.25) is 0 Å². The first-order valence-corrected chi connectivity index (χ1v) is 5.90. The molecule has 2 N–H and O–H groups in total. The first-order valence-electron chi connectivity index (χ1n) is 5.90. The lowest BCUT2D eigenvalue weighted by atomic mass is 10.1. The summed E-state index contributed by atoms with van der Waals surface area (Å²) < 4.78 is 5.40. The quantitative estimate of drug-likeness (QED) is 0.907. The van der Waals surface area contributed by atoms with Crippen molar-refractivity contribution < 1.29 is 4.74 Å². The van der Waals surface area contributed by atoms with E-state index in [2.05, 4.69) is 30.8 Å². The highest BCUT2D eigenvalue weighted by Crippen LogP contribution is 2.24. The average Bonchev–Trinajstić information content (AvgIpc) is 2.32. The number of aromatic nitrogens is 1. The summed E-state index contributed by atoms with van der Waals surface area (Å²) in [7, 11) is 3.76. The summed E-state index contributed by atoms with van der Waals surface area (Å²) in [6, 6.07) is 0.350. The zero-order valence-corrected chi connectivity index (χ0v) is 13.9. The normalized spacial score (nSPS) is 11.5. The van der Waals surface area contributed by atoms with Crippen LogP contribution in [-0.2, 0) is 6.54 Å². The molecular weight excluding hydrogens is 285 g/mol. The van der Waals surface area contributed by atoms with Crippen LogP contribution in [0.4, 0.5) is 0 Å². The molecule has 0 radical (unpaired) electrons. The van der Waals surface area contributed by atoms with Gasteiger partial charge < -0.3 is 10.5 Å². The second kappa shape index (κ2) is 9.37. The molecule has 0 amide bonds. The molecule has 0 saturated carbocycles. The van der Waals surface area contributed by atoms with Gasteiger partial charge in [-0.1, -0.05) is 0 Å². The largest absolute Gasteiger partial charge is 0.496 e. The lowest BCUT2D eigenvalue weighted by Gasteiger charge is -2.24. The molecule has 0 spiro atoms. The van der Waals surface area contributed by atoms with E-state index in [4.69, 9.17) is 10.5 Å². The Balaban J connectivity index is 0. The van der Waals surface area contributed by atoms with Crippen molar-refractivity contribution in [2.75, 3.05) is 20.7 Å². The number of likely N-dealkylation sites (N-methyl/N-ethyl adjacent to an activating group) is 1. The maximum Gasteiger partial charge on any atom is 0.128 e. The molecule has 0 aliphatic heterocycles. The SMILES string of the molecule is COc1c(C)cnc(CN(C)C(C)CN)c1C.Cl.Cl. The molecule has 1 aromatic rings. The summed E-state index contributed by atoms with van der Waals surface area (Å²) in [6.07, 6.45) is 1.86. The minimum Gasteiger partial charge on any atom is -0.496 e. The van der Waals surface area contributed by atoms with Crippen molar-refractivity contribution in [3.8, 4) is 5.75 Å². The van der Waals surface area contributed by atoms with E-state index < -0.39 is 0 Å². The molecule has 0 saturated heterocycles. The molecule has 0 bridgehead atoms. The number of aryl methyl sites for hydroxylation is 1. The second-order valence-corrected chi connectivity index (χ2v) is 4.55. The third kappa shape index (κ3) is 5.15. The molecule has 1 rings (SSSR count). The van der Waals surface area contributed by atoms with Crippen LogP contribution >= 0.6 is 24.8 Å². The molecule has 0 aliphatic rings. The maximum atomic E-state index is 5.66. The van der Waals surface area contributed by atoms with Crippen LogP contribution in [0.15, 0.2) is 6.20 Å². The molecule has 4 nitrogen and oxygen atoms in total. The standard InChI is InChI=1S/C13H23N3O.2ClH/c1-9-7-15-12(11(3)13(9)17-5)8-16(4)10(2)6-14;;/h7,10H,6,8,14H2,1-5H3;2*1H. The van der Waals surface area contributed by atoms with Crippen molar-refractivity contribution in [1.82, 2.24) is 9.88 Å². The predicted molar refractivity (Wildman–Crippen MR) is 84.7 cm³/mol. The van der Waals surface area contributed by atoms with Gasteiger partial charge in [0.05, 0.1) is 12.8 Å². The molecule has 6 heteroatoms. The molecule has 0 aliphatic carbocycles. The van der Waals surface area contributed by atoms with Crippen molar-refractivity contribution >= 4 is 24.8 Å². The van der Waals surface area contributed by atoms with E-state index in [-0.39, 0.29) is 24.8 Å². The Morgan fingerprint density at radius 2 is 1.95 bits per heavy atom. The Hall–Kier alpha value is -0.550. The molecule has 0 aromatic carbocycles. The summed E-state index contributed by atoms with van der Waals surface area (Å²) in [4.78, 5) is 6.68. The number of rotatable bonds is 5. The molecule has 112 valence electrons. The number of ether oxygens (including phenoxy) is 1. The minimum atomic E-state index is 0. The average molecular weight is 310 g/mol. The van der Waals surface area contributed by atoms with Gasteiger partial charge in [0.15, 0.2) is 0 Å². The number of hydrogen-bond donors (Lipinski definition) is 1. The van der Waals surface area contributed by atoms with Crippen LogP contribution in [0.3, 0.4) is 0 Å². The molecule has 1 heterocycles. The molecular formula is C13H25Cl2N3O. The van der Waals surface area contributed by atoms with E-state index in [0.717, 1.165) is 29.1 Å². The van der Waals surface area contributed by atoms with Crippen LogP contribution < -0.4 is 10.5 Å². The second-order valence-electron chi connectivity index (χ2n) is 4.55. The van der Waals surface area contributed by atoms with Gasteiger partial charge in [-0.25, -0.2) is 0 Å². The Kier molecular flexibility index (Phi) is 10.2. The van der Waals surface area contributed by atoms with Crippen LogP contribution in [0, 0.1) is 13.8 Å². The summed E-state index contributed by atoms with van der Waals surface area (Å²) in [6.45, 7) is 7.62. The third-order valence-corrected chi connectivity index (χ3v) is 3.24. The van der Waals surface area contributed by atoms with E-state index in [9.17, 15) is 0 Å². The predicted octanol–water partition coefficient (Wildman–Crippen LogP) is 2.33. The Bertz CT molecular complexity index is 388. The lowest BCUT2D eigenvalue weighted by molar-refractivity contribution is 0.251. The summed E-state index contributed by atoms with van der Waals surface area (Å²) in [5.41, 5.74) is 8.90. The van der Waals surface area contributed by atoms with Gasteiger partial charge in [-0.2, -0.15) is 0 Å². The van der Waals surface area contributed by atoms with Crippen LogP contribution in [-0.4, -0.2) is 36.6 Å². The van der Waals surface area contributed by atoms with Crippen molar-refractivity contribution in [1.29, 1.82) is 0 Å². The van der Waals surface area contributed by atoms with Gasteiger partial charge in [-0.05, 0) is 27.8 Å². The van der Waals surface area contributed by atoms with E-state index in [1.54, 1.807) is 7.11 Å². The van der Waals surface area contributed by atoms with Crippen molar-refractivity contribution in [3.63, 3.8) is 0 Å². The summed E-state index contributed by atoms with van der Waals surface area (Å²) in [5, 5.41) is 0. The number of nitrogens with zero attached hydrogens (tertiary/aromatic N) is 2. The van der Waals surface area contributed by atoms with E-state index in [1.165, 1.54) is 0 Å². The number of methoxy groups -OCH3 is 1. The first kappa shape index (κ1) is 20.8. The van der Waals surface area contributed by atoms with Gasteiger partial charge >= 0.3 is 0 Å². The van der Waals surface area contributed by atoms with Gasteiger partial charge in [-0.3, -0.25) is 9.88 Å². The van der Waals surface area contributed by atoms with E-state index >= 15 is 0 Å². The number of nitrogens with two attached hydrogens (primary N) is 1. The highest BCUT2D eigenvalue weighted by atomic mass is 35.5. The Labute approximate surface area is 128 Å². The van der Waals surface area contributed by atoms with Crippen molar-refractivity contribution in [2.24, 2.45) is 5.73 Å². The summed E-state index contributed by atoms with van der Waals surface area (Å²) in [5.74, 6) is 0.934. The molecule has 19 heavy (non-hydrogen) atoms. The molecule has 1 unspecified atom stereocenters. The summed E-state index contributed by atoms with van der Waals surface area (Å²) >= 11 is 0.